The largest absolute Gasteiger partial charge is 0.497 e. The van der Waals surface area contributed by atoms with Gasteiger partial charge in [0.05, 0.1) is 39.9 Å². The Labute approximate surface area is 142 Å². The molecule has 1 aromatic rings. The van der Waals surface area contributed by atoms with Crippen LogP contribution >= 0.6 is 0 Å². The van der Waals surface area contributed by atoms with Gasteiger partial charge in [-0.15, -0.1) is 0 Å². The zero-order chi connectivity index (χ0) is 17.4. The first-order valence-electron chi connectivity index (χ1n) is 8.32. The monoisotopic (exact) mass is 339 g/mol. The number of nitrogens with one attached hydrogen (secondary N) is 1. The van der Waals surface area contributed by atoms with Crippen LogP contribution in [0.15, 0.2) is 24.3 Å². The van der Waals surface area contributed by atoms with Gasteiger partial charge < -0.3 is 24.2 Å². The van der Waals surface area contributed by atoms with Gasteiger partial charge in [-0.3, -0.25) is 4.90 Å². The molecule has 1 aliphatic rings. The van der Waals surface area contributed by atoms with Crippen LogP contribution in [-0.4, -0.2) is 75.3 Å². The highest BCUT2D eigenvalue weighted by Gasteiger charge is 2.26. The van der Waals surface area contributed by atoms with Crippen molar-refractivity contribution in [3.63, 3.8) is 0 Å². The molecule has 7 heteroatoms. The van der Waals surface area contributed by atoms with E-state index in [1.54, 1.807) is 25.0 Å². The molecular formula is C17H27N2O5+. The first kappa shape index (κ1) is 18.4. The predicted molar refractivity (Wildman–Crippen MR) is 88.7 cm³/mol. The molecule has 24 heavy (non-hydrogen) atoms. The quantitative estimate of drug-likeness (QED) is 0.719. The van der Waals surface area contributed by atoms with Gasteiger partial charge in [0.2, 0.25) is 0 Å². The Kier molecular flexibility index (Phi) is 7.14. The number of carbonyl (C=O) groups is 1. The van der Waals surface area contributed by atoms with E-state index in [-0.39, 0.29) is 12.7 Å². The normalized spacial score (nSPS) is 16.5. The van der Waals surface area contributed by atoms with Crippen LogP contribution in [0, 0.1) is 0 Å². The summed E-state index contributed by atoms with van der Waals surface area (Å²) < 4.78 is 15.8. The van der Waals surface area contributed by atoms with E-state index in [1.807, 2.05) is 18.2 Å². The highest BCUT2D eigenvalue weighted by Crippen LogP contribution is 2.18. The average molecular weight is 339 g/mol. The van der Waals surface area contributed by atoms with Crippen molar-refractivity contribution < 1.29 is 29.0 Å². The lowest BCUT2D eigenvalue weighted by atomic mass is 10.2. The fourth-order valence-electron chi connectivity index (χ4n) is 2.70. The molecule has 1 aliphatic heterocycles. The second kappa shape index (κ2) is 9.34. The van der Waals surface area contributed by atoms with Gasteiger partial charge in [-0.1, -0.05) is 6.07 Å². The van der Waals surface area contributed by atoms with Gasteiger partial charge in [0.1, 0.15) is 30.8 Å². The van der Waals surface area contributed by atoms with Gasteiger partial charge in [-0.25, -0.2) is 4.79 Å². The summed E-state index contributed by atoms with van der Waals surface area (Å²) in [6.07, 6.45) is -0.807. The number of ether oxygens (including phenoxy) is 3. The van der Waals surface area contributed by atoms with E-state index in [4.69, 9.17) is 14.2 Å². The van der Waals surface area contributed by atoms with Crippen LogP contribution in [0.5, 0.6) is 11.5 Å². The first-order chi connectivity index (χ1) is 11.6. The van der Waals surface area contributed by atoms with E-state index >= 15 is 0 Å². The molecule has 0 saturated carbocycles. The zero-order valence-electron chi connectivity index (χ0n) is 14.4. The summed E-state index contributed by atoms with van der Waals surface area (Å²) in [5.41, 5.74) is 0. The average Bonchev–Trinajstić information content (AvgIpc) is 2.61. The van der Waals surface area contributed by atoms with Crippen LogP contribution in [0.4, 0.5) is 4.79 Å². The third-order valence-electron chi connectivity index (χ3n) is 4.00. The van der Waals surface area contributed by atoms with E-state index in [0.29, 0.717) is 32.0 Å². The van der Waals surface area contributed by atoms with Crippen LogP contribution in [-0.2, 0) is 4.74 Å². The molecule has 1 aromatic carbocycles. The molecule has 1 saturated heterocycles. The van der Waals surface area contributed by atoms with E-state index in [2.05, 4.69) is 0 Å². The lowest BCUT2D eigenvalue weighted by Gasteiger charge is -2.32. The first-order valence-corrected chi connectivity index (χ1v) is 8.32. The predicted octanol–water partition coefficient (Wildman–Crippen LogP) is -0.208. The van der Waals surface area contributed by atoms with Crippen LogP contribution in [0.25, 0.3) is 0 Å². The molecule has 134 valence electrons. The summed E-state index contributed by atoms with van der Waals surface area (Å²) in [6.45, 7) is 5.93. The minimum absolute atomic E-state index is 0.234. The number of rotatable bonds is 7. The maximum Gasteiger partial charge on any atom is 0.410 e. The fourth-order valence-corrected chi connectivity index (χ4v) is 2.70. The maximum absolute atomic E-state index is 11.7. The maximum atomic E-state index is 11.7. The Hall–Kier alpha value is -1.99. The number of benzene rings is 1. The Morgan fingerprint density at radius 3 is 2.71 bits per heavy atom. The van der Waals surface area contributed by atoms with Gasteiger partial charge >= 0.3 is 6.09 Å². The van der Waals surface area contributed by atoms with Gasteiger partial charge in [-0.05, 0) is 19.1 Å². The number of hydrogen-bond acceptors (Lipinski definition) is 5. The Balaban J connectivity index is 1.69. The summed E-state index contributed by atoms with van der Waals surface area (Å²) >= 11 is 0. The minimum Gasteiger partial charge on any atom is -0.497 e. The number of methoxy groups -OCH3 is 1. The van der Waals surface area contributed by atoms with Gasteiger partial charge in [0.25, 0.3) is 0 Å². The standard InChI is InChI=1S/C17H26N2O5/c1-3-23-17(21)19-9-7-18(8-10-19)12-14(20)13-24-16-6-4-5-15(11-16)22-2/h4-6,11,14,20H,3,7-10,12-13H2,1-2H3/p+1/t14-/m1/s1. The summed E-state index contributed by atoms with van der Waals surface area (Å²) in [6, 6.07) is 7.31. The van der Waals surface area contributed by atoms with E-state index in [0.717, 1.165) is 18.8 Å². The van der Waals surface area contributed by atoms with Crippen molar-refractivity contribution in [2.45, 2.75) is 13.0 Å². The lowest BCUT2D eigenvalue weighted by Crippen LogP contribution is -3.16. The molecule has 0 bridgehead atoms. The van der Waals surface area contributed by atoms with Crippen molar-refractivity contribution in [3.8, 4) is 11.5 Å². The van der Waals surface area contributed by atoms with Gasteiger partial charge in [-0.2, -0.15) is 0 Å². The number of aliphatic hydroxyl groups excluding tert-OH is 1. The van der Waals surface area contributed by atoms with Crippen molar-refractivity contribution in [1.82, 2.24) is 4.90 Å². The molecule has 0 aliphatic carbocycles. The molecular weight excluding hydrogens is 312 g/mol. The highest BCUT2D eigenvalue weighted by atomic mass is 16.6. The third kappa shape index (κ3) is 5.58. The number of aliphatic hydroxyl groups is 1. The van der Waals surface area contributed by atoms with Crippen molar-refractivity contribution in [2.24, 2.45) is 0 Å². The second-order valence-corrected chi connectivity index (χ2v) is 5.78. The number of hydrogen-bond donors (Lipinski definition) is 2. The molecule has 0 aromatic heterocycles. The molecule has 0 spiro atoms. The molecule has 0 unspecified atom stereocenters. The summed E-state index contributed by atoms with van der Waals surface area (Å²) in [7, 11) is 1.60. The number of amides is 1. The Bertz CT molecular complexity index is 517. The molecule has 2 N–H and O–H groups in total. The lowest BCUT2D eigenvalue weighted by molar-refractivity contribution is -0.907. The summed E-state index contributed by atoms with van der Waals surface area (Å²) in [4.78, 5) is 14.6. The van der Waals surface area contributed by atoms with Crippen LogP contribution in [0.1, 0.15) is 6.92 Å². The van der Waals surface area contributed by atoms with Gasteiger partial charge in [0.15, 0.2) is 0 Å². The molecule has 2 rings (SSSR count). The van der Waals surface area contributed by atoms with Crippen molar-refractivity contribution >= 4 is 6.09 Å². The molecule has 1 heterocycles. The van der Waals surface area contributed by atoms with Crippen molar-refractivity contribution in [1.29, 1.82) is 0 Å². The molecule has 1 fully saturated rings. The summed E-state index contributed by atoms with van der Waals surface area (Å²) in [5, 5.41) is 10.2. The van der Waals surface area contributed by atoms with Crippen molar-refractivity contribution in [2.75, 3.05) is 53.0 Å². The molecule has 7 nitrogen and oxygen atoms in total. The second-order valence-electron chi connectivity index (χ2n) is 5.78. The van der Waals surface area contributed by atoms with Gasteiger partial charge in [0, 0.05) is 6.07 Å². The van der Waals surface area contributed by atoms with E-state index < -0.39 is 6.10 Å². The molecule has 0 radical (unpaired) electrons. The summed E-state index contributed by atoms with van der Waals surface area (Å²) in [5.74, 6) is 1.40. The third-order valence-corrected chi connectivity index (χ3v) is 4.00. The minimum atomic E-state index is -0.555. The number of quaternary nitrogens is 1. The Morgan fingerprint density at radius 1 is 1.33 bits per heavy atom. The van der Waals surface area contributed by atoms with E-state index in [9.17, 15) is 9.90 Å². The SMILES string of the molecule is CCOC(=O)N1CC[NH+](C[C@@H](O)COc2cccc(OC)c2)CC1. The highest BCUT2D eigenvalue weighted by molar-refractivity contribution is 5.67. The number of piperazine rings is 1. The molecule has 1 atom stereocenters. The number of nitrogens with zero attached hydrogens (tertiary/aromatic N) is 1. The van der Waals surface area contributed by atoms with Crippen LogP contribution in [0.3, 0.4) is 0 Å². The molecule has 1 amide bonds. The van der Waals surface area contributed by atoms with E-state index in [1.165, 1.54) is 4.90 Å². The number of carbonyl (C=O) groups excluding carboxylic acids is 1. The van der Waals surface area contributed by atoms with Crippen molar-refractivity contribution in [3.05, 3.63) is 24.3 Å². The van der Waals surface area contributed by atoms with Crippen LogP contribution < -0.4 is 14.4 Å². The smallest absolute Gasteiger partial charge is 0.410 e. The topological polar surface area (TPSA) is 72.7 Å². The van der Waals surface area contributed by atoms with Crippen LogP contribution in [0.2, 0.25) is 0 Å². The zero-order valence-corrected chi connectivity index (χ0v) is 14.4. The Morgan fingerprint density at radius 2 is 2.04 bits per heavy atom. The fraction of sp³-hybridized carbons (Fsp3) is 0.588.